The standard InChI is InChI=1S/C28H34N2O3/c1-33-25-6-2-20(3-7-25)10-14-29-15-11-21(12-16-29)4-8-26(31)24-18-22-5-9-27(32)30-17-13-23(19-24)28(22)30/h2-3,6-7,18-19,21H,4-5,8-17H2,1H3. The van der Waals surface area contributed by atoms with Gasteiger partial charge in [-0.1, -0.05) is 12.1 Å². The molecule has 0 saturated carbocycles. The smallest absolute Gasteiger partial charge is 0.227 e. The molecule has 0 bridgehead atoms. The van der Waals surface area contributed by atoms with Gasteiger partial charge in [-0.15, -0.1) is 0 Å². The molecule has 5 rings (SSSR count). The van der Waals surface area contributed by atoms with Gasteiger partial charge in [0.15, 0.2) is 5.78 Å². The summed E-state index contributed by atoms with van der Waals surface area (Å²) in [5.74, 6) is 2.06. The molecule has 0 spiro atoms. The van der Waals surface area contributed by atoms with E-state index >= 15 is 0 Å². The summed E-state index contributed by atoms with van der Waals surface area (Å²) in [4.78, 5) is 29.6. The van der Waals surface area contributed by atoms with Gasteiger partial charge in [0.05, 0.1) is 12.8 Å². The number of likely N-dealkylation sites (tertiary alicyclic amines) is 1. The first kappa shape index (κ1) is 22.1. The lowest BCUT2D eigenvalue weighted by Gasteiger charge is -2.32. The lowest BCUT2D eigenvalue weighted by molar-refractivity contribution is -0.118. The Hall–Kier alpha value is -2.66. The fourth-order valence-corrected chi connectivity index (χ4v) is 5.68. The molecule has 5 heteroatoms. The van der Waals surface area contributed by atoms with Crippen LogP contribution in [0.2, 0.25) is 0 Å². The van der Waals surface area contributed by atoms with E-state index in [1.165, 1.54) is 29.5 Å². The van der Waals surface area contributed by atoms with Gasteiger partial charge in [-0.25, -0.2) is 0 Å². The van der Waals surface area contributed by atoms with Crippen molar-refractivity contribution in [2.24, 2.45) is 5.92 Å². The molecule has 0 atom stereocenters. The van der Waals surface area contributed by atoms with Crippen LogP contribution in [-0.2, 0) is 24.1 Å². The zero-order valence-electron chi connectivity index (χ0n) is 19.6. The minimum Gasteiger partial charge on any atom is -0.497 e. The first-order valence-corrected chi connectivity index (χ1v) is 12.5. The van der Waals surface area contributed by atoms with E-state index < -0.39 is 0 Å². The van der Waals surface area contributed by atoms with Crippen LogP contribution in [0.3, 0.4) is 0 Å². The SMILES string of the molecule is COc1ccc(CCN2CCC(CCC(=O)c3cc4c5c(c3)CCN5C(=O)CC4)CC2)cc1. The van der Waals surface area contributed by atoms with Crippen LogP contribution >= 0.6 is 0 Å². The molecular weight excluding hydrogens is 412 g/mol. The highest BCUT2D eigenvalue weighted by atomic mass is 16.5. The maximum absolute atomic E-state index is 13.0. The first-order valence-electron chi connectivity index (χ1n) is 12.5. The fraction of sp³-hybridized carbons (Fsp3) is 0.500. The highest BCUT2D eigenvalue weighted by Crippen LogP contribution is 2.38. The molecule has 3 aliphatic heterocycles. The van der Waals surface area contributed by atoms with E-state index in [2.05, 4.69) is 29.2 Å². The van der Waals surface area contributed by atoms with Crippen molar-refractivity contribution < 1.29 is 14.3 Å². The molecule has 5 nitrogen and oxygen atoms in total. The maximum Gasteiger partial charge on any atom is 0.227 e. The third-order valence-corrected chi connectivity index (χ3v) is 7.74. The number of carbonyl (C=O) groups excluding carboxylic acids is 2. The van der Waals surface area contributed by atoms with Crippen LogP contribution in [0.4, 0.5) is 5.69 Å². The predicted octanol–water partition coefficient (Wildman–Crippen LogP) is 4.45. The average molecular weight is 447 g/mol. The van der Waals surface area contributed by atoms with Gasteiger partial charge >= 0.3 is 0 Å². The van der Waals surface area contributed by atoms with Crippen LogP contribution in [0, 0.1) is 5.92 Å². The van der Waals surface area contributed by atoms with Crippen LogP contribution in [0.15, 0.2) is 36.4 Å². The van der Waals surface area contributed by atoms with Crippen molar-refractivity contribution in [3.8, 4) is 5.75 Å². The fourth-order valence-electron chi connectivity index (χ4n) is 5.68. The first-order chi connectivity index (χ1) is 16.1. The highest BCUT2D eigenvalue weighted by molar-refractivity contribution is 6.02. The van der Waals surface area contributed by atoms with E-state index in [4.69, 9.17) is 4.74 Å². The lowest BCUT2D eigenvalue weighted by atomic mass is 9.89. The Morgan fingerprint density at radius 3 is 2.45 bits per heavy atom. The third kappa shape index (κ3) is 4.84. The van der Waals surface area contributed by atoms with E-state index in [1.54, 1.807) is 7.11 Å². The normalized spacial score (nSPS) is 18.5. The van der Waals surface area contributed by atoms with Crippen LogP contribution < -0.4 is 9.64 Å². The van der Waals surface area contributed by atoms with Gasteiger partial charge in [0, 0.05) is 31.5 Å². The monoisotopic (exact) mass is 446 g/mol. The van der Waals surface area contributed by atoms with E-state index in [1.807, 2.05) is 17.0 Å². The summed E-state index contributed by atoms with van der Waals surface area (Å²) in [6, 6.07) is 12.5. The van der Waals surface area contributed by atoms with E-state index in [9.17, 15) is 9.59 Å². The van der Waals surface area contributed by atoms with E-state index in [0.717, 1.165) is 68.9 Å². The topological polar surface area (TPSA) is 49.9 Å². The summed E-state index contributed by atoms with van der Waals surface area (Å²) in [5.41, 5.74) is 5.69. The minimum atomic E-state index is 0.232. The zero-order chi connectivity index (χ0) is 22.8. The van der Waals surface area contributed by atoms with Crippen molar-refractivity contribution in [1.82, 2.24) is 4.90 Å². The number of piperidine rings is 1. The van der Waals surface area contributed by atoms with Crippen LogP contribution in [0.5, 0.6) is 5.75 Å². The van der Waals surface area contributed by atoms with E-state index in [-0.39, 0.29) is 11.7 Å². The molecule has 2 aromatic rings. The third-order valence-electron chi connectivity index (χ3n) is 7.74. The van der Waals surface area contributed by atoms with Crippen molar-refractivity contribution in [3.05, 3.63) is 58.7 Å². The molecule has 3 aliphatic rings. The molecule has 1 amide bonds. The van der Waals surface area contributed by atoms with Gasteiger partial charge in [-0.2, -0.15) is 0 Å². The number of amides is 1. The van der Waals surface area contributed by atoms with Gasteiger partial charge in [0.2, 0.25) is 5.91 Å². The summed E-state index contributed by atoms with van der Waals surface area (Å²) in [7, 11) is 1.70. The van der Waals surface area contributed by atoms with Crippen molar-refractivity contribution in [1.29, 1.82) is 0 Å². The Labute approximate surface area is 196 Å². The molecule has 3 heterocycles. The van der Waals surface area contributed by atoms with Gasteiger partial charge in [-0.3, -0.25) is 9.59 Å². The highest BCUT2D eigenvalue weighted by Gasteiger charge is 2.32. The van der Waals surface area contributed by atoms with Crippen molar-refractivity contribution in [3.63, 3.8) is 0 Å². The predicted molar refractivity (Wildman–Crippen MR) is 130 cm³/mol. The molecular formula is C28H34N2O3. The Balaban J connectivity index is 1.08. The largest absolute Gasteiger partial charge is 0.497 e. The molecule has 2 aromatic carbocycles. The van der Waals surface area contributed by atoms with Crippen LogP contribution in [-0.4, -0.2) is 49.9 Å². The zero-order valence-corrected chi connectivity index (χ0v) is 19.6. The minimum absolute atomic E-state index is 0.232. The van der Waals surface area contributed by atoms with Crippen molar-refractivity contribution in [2.45, 2.75) is 51.4 Å². The molecule has 0 N–H and O–H groups in total. The Morgan fingerprint density at radius 2 is 1.73 bits per heavy atom. The van der Waals surface area contributed by atoms with Crippen LogP contribution in [0.1, 0.15) is 59.2 Å². The number of aryl methyl sites for hydroxylation is 1. The molecule has 33 heavy (non-hydrogen) atoms. The molecule has 0 radical (unpaired) electrons. The van der Waals surface area contributed by atoms with Crippen molar-refractivity contribution >= 4 is 17.4 Å². The molecule has 174 valence electrons. The van der Waals surface area contributed by atoms with Crippen molar-refractivity contribution in [2.75, 3.05) is 38.2 Å². The Bertz CT molecular complexity index is 1020. The number of rotatable bonds is 8. The summed E-state index contributed by atoms with van der Waals surface area (Å²) in [5, 5.41) is 0. The second-order valence-electron chi connectivity index (χ2n) is 9.78. The summed E-state index contributed by atoms with van der Waals surface area (Å²) >= 11 is 0. The number of benzene rings is 2. The van der Waals surface area contributed by atoms with Gasteiger partial charge < -0.3 is 14.5 Å². The Kier molecular flexibility index (Phi) is 6.50. The molecule has 1 fully saturated rings. The molecule has 1 saturated heterocycles. The number of hydrogen-bond donors (Lipinski definition) is 0. The average Bonchev–Trinajstić information content (AvgIpc) is 3.30. The second-order valence-corrected chi connectivity index (χ2v) is 9.78. The summed E-state index contributed by atoms with van der Waals surface area (Å²) < 4.78 is 5.24. The number of ether oxygens (including phenoxy) is 1. The van der Waals surface area contributed by atoms with Gasteiger partial charge in [-0.05, 0) is 98.5 Å². The van der Waals surface area contributed by atoms with E-state index in [0.29, 0.717) is 18.8 Å². The summed E-state index contributed by atoms with van der Waals surface area (Å²) in [6.07, 6.45) is 7.28. The maximum atomic E-state index is 13.0. The number of ketones is 1. The number of methoxy groups -OCH3 is 1. The molecule has 0 aliphatic carbocycles. The lowest BCUT2D eigenvalue weighted by Crippen LogP contribution is -2.35. The number of hydrogen-bond acceptors (Lipinski definition) is 4. The number of nitrogens with zero attached hydrogens (tertiary/aromatic N) is 2. The van der Waals surface area contributed by atoms with Crippen LogP contribution in [0.25, 0.3) is 0 Å². The number of carbonyl (C=O) groups is 2. The number of Topliss-reactive ketones (excluding diaryl/α,β-unsaturated/α-hetero) is 1. The Morgan fingerprint density at radius 1 is 1.00 bits per heavy atom. The van der Waals surface area contributed by atoms with Gasteiger partial charge in [0.25, 0.3) is 0 Å². The summed E-state index contributed by atoms with van der Waals surface area (Å²) in [6.45, 7) is 4.12. The second kappa shape index (κ2) is 9.68. The molecule has 0 unspecified atom stereocenters. The molecule has 0 aromatic heterocycles. The quantitative estimate of drug-likeness (QED) is 0.562. The van der Waals surface area contributed by atoms with Gasteiger partial charge in [0.1, 0.15) is 5.75 Å². The number of anilines is 1.